The molecule has 0 atom stereocenters. The molecule has 0 aliphatic carbocycles. The maximum atomic E-state index is 13.1. The molecule has 0 spiro atoms. The van der Waals surface area contributed by atoms with Crippen molar-refractivity contribution in [3.8, 4) is 0 Å². The van der Waals surface area contributed by atoms with Crippen LogP contribution in [0, 0.1) is 5.82 Å². The first-order valence-corrected chi connectivity index (χ1v) is 9.95. The summed E-state index contributed by atoms with van der Waals surface area (Å²) in [7, 11) is 0. The SMILES string of the molecule is CCCCN(C(=O)CCc1ccc(F)cc1)C1CC(C)(C)NC(C)(C)C1. The van der Waals surface area contributed by atoms with E-state index >= 15 is 0 Å². The molecule has 0 bridgehead atoms. The van der Waals surface area contributed by atoms with Gasteiger partial charge >= 0.3 is 0 Å². The van der Waals surface area contributed by atoms with Gasteiger partial charge in [0, 0.05) is 30.1 Å². The minimum atomic E-state index is -0.233. The molecule has 0 unspecified atom stereocenters. The minimum Gasteiger partial charge on any atom is -0.340 e. The summed E-state index contributed by atoms with van der Waals surface area (Å²) in [6.45, 7) is 11.9. The van der Waals surface area contributed by atoms with E-state index in [4.69, 9.17) is 0 Å². The van der Waals surface area contributed by atoms with Crippen LogP contribution in [0.4, 0.5) is 4.39 Å². The Morgan fingerprint density at radius 1 is 1.15 bits per heavy atom. The van der Waals surface area contributed by atoms with Crippen LogP contribution in [0.1, 0.15) is 72.3 Å². The summed E-state index contributed by atoms with van der Waals surface area (Å²) in [5, 5.41) is 3.70. The summed E-state index contributed by atoms with van der Waals surface area (Å²) in [5.74, 6) is -0.00917. The average Bonchev–Trinajstić information content (AvgIpc) is 2.51. The van der Waals surface area contributed by atoms with Gasteiger partial charge in [-0.25, -0.2) is 4.39 Å². The Morgan fingerprint density at radius 3 is 2.27 bits per heavy atom. The largest absolute Gasteiger partial charge is 0.340 e. The van der Waals surface area contributed by atoms with Crippen LogP contribution in [0.15, 0.2) is 24.3 Å². The number of hydrogen-bond donors (Lipinski definition) is 1. The number of carbonyl (C=O) groups is 1. The quantitative estimate of drug-likeness (QED) is 0.763. The molecule has 146 valence electrons. The number of carbonyl (C=O) groups excluding carboxylic acids is 1. The Kier molecular flexibility index (Phi) is 6.84. The number of nitrogens with one attached hydrogen (secondary N) is 1. The molecule has 2 rings (SSSR count). The maximum Gasteiger partial charge on any atom is 0.223 e. The number of unbranched alkanes of at least 4 members (excludes halogenated alkanes) is 1. The zero-order valence-electron chi connectivity index (χ0n) is 17.1. The highest BCUT2D eigenvalue weighted by molar-refractivity contribution is 5.77. The van der Waals surface area contributed by atoms with Crippen molar-refractivity contribution in [1.29, 1.82) is 0 Å². The van der Waals surface area contributed by atoms with Crippen LogP contribution in [0.3, 0.4) is 0 Å². The summed E-state index contributed by atoms with van der Waals surface area (Å²) in [6, 6.07) is 6.75. The predicted octanol–water partition coefficient (Wildman–Crippen LogP) is 4.70. The van der Waals surface area contributed by atoms with Crippen LogP contribution >= 0.6 is 0 Å². The number of aryl methyl sites for hydroxylation is 1. The summed E-state index contributed by atoms with van der Waals surface area (Å²) < 4.78 is 13.1. The summed E-state index contributed by atoms with van der Waals surface area (Å²) in [6.07, 6.45) is 5.22. The lowest BCUT2D eigenvalue weighted by atomic mass is 9.79. The Bertz CT molecular complexity index is 579. The number of halogens is 1. The molecular formula is C22H35FN2O. The van der Waals surface area contributed by atoms with Gasteiger partial charge in [0.15, 0.2) is 0 Å². The molecule has 0 aromatic heterocycles. The number of benzene rings is 1. The molecule has 1 aliphatic rings. The lowest BCUT2D eigenvalue weighted by molar-refractivity contribution is -0.135. The van der Waals surface area contributed by atoms with Crippen molar-refractivity contribution in [3.05, 3.63) is 35.6 Å². The third-order valence-electron chi connectivity index (χ3n) is 5.22. The second-order valence-corrected chi connectivity index (χ2v) is 9.02. The van der Waals surface area contributed by atoms with Gasteiger partial charge in [-0.15, -0.1) is 0 Å². The minimum absolute atomic E-state index is 0.0219. The molecule has 0 saturated carbocycles. The molecule has 4 heteroatoms. The van der Waals surface area contributed by atoms with Crippen molar-refractivity contribution in [2.24, 2.45) is 0 Å². The Morgan fingerprint density at radius 2 is 1.73 bits per heavy atom. The second-order valence-electron chi connectivity index (χ2n) is 9.02. The van der Waals surface area contributed by atoms with E-state index in [1.54, 1.807) is 12.1 Å². The van der Waals surface area contributed by atoms with Crippen LogP contribution in [-0.2, 0) is 11.2 Å². The Labute approximate surface area is 158 Å². The standard InChI is InChI=1S/C22H35FN2O/c1-6-7-14-25(19-15-21(2,3)24-22(4,5)16-19)20(26)13-10-17-8-11-18(23)12-9-17/h8-9,11-12,19,24H,6-7,10,13-16H2,1-5H3. The first kappa shape index (κ1) is 20.9. The van der Waals surface area contributed by atoms with Gasteiger partial charge in [0.1, 0.15) is 5.82 Å². The van der Waals surface area contributed by atoms with Crippen molar-refractivity contribution in [2.75, 3.05) is 6.54 Å². The van der Waals surface area contributed by atoms with E-state index in [9.17, 15) is 9.18 Å². The van der Waals surface area contributed by atoms with Crippen LogP contribution in [0.5, 0.6) is 0 Å². The molecule has 1 fully saturated rings. The zero-order valence-corrected chi connectivity index (χ0v) is 17.1. The molecular weight excluding hydrogens is 327 g/mol. The average molecular weight is 363 g/mol. The summed E-state index contributed by atoms with van der Waals surface area (Å²) >= 11 is 0. The fraction of sp³-hybridized carbons (Fsp3) is 0.682. The van der Waals surface area contributed by atoms with Gasteiger partial charge in [0.25, 0.3) is 0 Å². The lowest BCUT2D eigenvalue weighted by Crippen LogP contribution is -2.62. The predicted molar refractivity (Wildman–Crippen MR) is 106 cm³/mol. The van der Waals surface area contributed by atoms with Gasteiger partial charge < -0.3 is 10.2 Å². The van der Waals surface area contributed by atoms with Crippen LogP contribution in [-0.4, -0.2) is 34.5 Å². The topological polar surface area (TPSA) is 32.3 Å². The first-order valence-electron chi connectivity index (χ1n) is 9.95. The molecule has 3 nitrogen and oxygen atoms in total. The number of rotatable bonds is 7. The summed E-state index contributed by atoms with van der Waals surface area (Å²) in [5.41, 5.74) is 1.06. The van der Waals surface area contributed by atoms with E-state index in [1.165, 1.54) is 12.1 Å². The van der Waals surface area contributed by atoms with Crippen molar-refractivity contribution in [2.45, 2.75) is 90.3 Å². The van der Waals surface area contributed by atoms with Gasteiger partial charge in [0.2, 0.25) is 5.91 Å². The van der Waals surface area contributed by atoms with Crippen LogP contribution in [0.2, 0.25) is 0 Å². The van der Waals surface area contributed by atoms with Gasteiger partial charge in [-0.2, -0.15) is 0 Å². The molecule has 1 amide bonds. The third kappa shape index (κ3) is 6.08. The number of nitrogens with zero attached hydrogens (tertiary/aromatic N) is 1. The first-order chi connectivity index (χ1) is 12.1. The Hall–Kier alpha value is -1.42. The molecule has 1 aliphatic heterocycles. The van der Waals surface area contributed by atoms with E-state index in [2.05, 4.69) is 44.8 Å². The highest BCUT2D eigenvalue weighted by Gasteiger charge is 2.40. The zero-order chi connectivity index (χ0) is 19.4. The van der Waals surface area contributed by atoms with Crippen molar-refractivity contribution >= 4 is 5.91 Å². The highest BCUT2D eigenvalue weighted by atomic mass is 19.1. The molecule has 1 heterocycles. The van der Waals surface area contributed by atoms with E-state index in [0.29, 0.717) is 12.8 Å². The maximum absolute atomic E-state index is 13.1. The lowest BCUT2D eigenvalue weighted by Gasteiger charge is -2.49. The van der Waals surface area contributed by atoms with Gasteiger partial charge in [-0.05, 0) is 71.1 Å². The van der Waals surface area contributed by atoms with Crippen molar-refractivity contribution in [1.82, 2.24) is 10.2 Å². The van der Waals surface area contributed by atoms with E-state index in [1.807, 2.05) is 0 Å². The smallest absolute Gasteiger partial charge is 0.223 e. The van der Waals surface area contributed by atoms with Gasteiger partial charge in [-0.1, -0.05) is 25.5 Å². The normalized spacial score (nSPS) is 19.3. The molecule has 1 saturated heterocycles. The fourth-order valence-corrected chi connectivity index (χ4v) is 4.37. The molecule has 0 radical (unpaired) electrons. The number of hydrogen-bond acceptors (Lipinski definition) is 2. The van der Waals surface area contributed by atoms with E-state index in [0.717, 1.165) is 37.8 Å². The van der Waals surface area contributed by atoms with Crippen molar-refractivity contribution < 1.29 is 9.18 Å². The molecule has 1 N–H and O–H groups in total. The molecule has 1 aromatic carbocycles. The van der Waals surface area contributed by atoms with E-state index < -0.39 is 0 Å². The van der Waals surface area contributed by atoms with Gasteiger partial charge in [-0.3, -0.25) is 4.79 Å². The van der Waals surface area contributed by atoms with Gasteiger partial charge in [0.05, 0.1) is 0 Å². The summed E-state index contributed by atoms with van der Waals surface area (Å²) in [4.78, 5) is 15.2. The fourth-order valence-electron chi connectivity index (χ4n) is 4.37. The highest BCUT2D eigenvalue weighted by Crippen LogP contribution is 2.32. The molecule has 26 heavy (non-hydrogen) atoms. The van der Waals surface area contributed by atoms with E-state index in [-0.39, 0.29) is 28.8 Å². The Balaban J connectivity index is 2.07. The second kappa shape index (κ2) is 8.51. The van der Waals surface area contributed by atoms with Crippen LogP contribution < -0.4 is 5.32 Å². The third-order valence-corrected chi connectivity index (χ3v) is 5.22. The van der Waals surface area contributed by atoms with Crippen LogP contribution in [0.25, 0.3) is 0 Å². The van der Waals surface area contributed by atoms with Crippen molar-refractivity contribution in [3.63, 3.8) is 0 Å². The monoisotopic (exact) mass is 362 g/mol. The number of piperidine rings is 1. The molecule has 1 aromatic rings. The number of amides is 1.